The first-order valence-electron chi connectivity index (χ1n) is 7.91. The van der Waals surface area contributed by atoms with Gasteiger partial charge in [-0.15, -0.1) is 0 Å². The lowest BCUT2D eigenvalue weighted by molar-refractivity contribution is -0.140. The highest BCUT2D eigenvalue weighted by atomic mass is 16.5. The van der Waals surface area contributed by atoms with E-state index in [0.717, 1.165) is 11.4 Å². The molecule has 0 aliphatic carbocycles. The van der Waals surface area contributed by atoms with Crippen LogP contribution < -0.4 is 14.5 Å². The highest BCUT2D eigenvalue weighted by Gasteiger charge is 2.26. The topological polar surface area (TPSA) is 70.1 Å². The van der Waals surface area contributed by atoms with Gasteiger partial charge in [-0.05, 0) is 32.9 Å². The summed E-state index contributed by atoms with van der Waals surface area (Å²) in [7, 11) is 0. The molecule has 1 aliphatic rings. The van der Waals surface area contributed by atoms with Gasteiger partial charge in [0.1, 0.15) is 5.75 Å². The van der Waals surface area contributed by atoms with Crippen molar-refractivity contribution in [3.8, 4) is 5.75 Å². The van der Waals surface area contributed by atoms with Crippen molar-refractivity contribution in [3.05, 3.63) is 18.2 Å². The SMILES string of the molecule is CCN1C(=O)COc2cc(N(CC(C)C(=O)O)C(C)C)ccc21. The highest BCUT2D eigenvalue weighted by molar-refractivity contribution is 5.98. The van der Waals surface area contributed by atoms with E-state index in [0.29, 0.717) is 18.8 Å². The van der Waals surface area contributed by atoms with Gasteiger partial charge >= 0.3 is 5.97 Å². The number of rotatable bonds is 6. The molecule has 23 heavy (non-hydrogen) atoms. The molecule has 1 aromatic rings. The Morgan fingerprint density at radius 3 is 2.65 bits per heavy atom. The monoisotopic (exact) mass is 320 g/mol. The van der Waals surface area contributed by atoms with Crippen LogP contribution >= 0.6 is 0 Å². The maximum absolute atomic E-state index is 11.9. The van der Waals surface area contributed by atoms with Crippen LogP contribution in [0, 0.1) is 5.92 Å². The first kappa shape index (κ1) is 17.1. The van der Waals surface area contributed by atoms with Crippen molar-refractivity contribution in [2.45, 2.75) is 33.7 Å². The standard InChI is InChI=1S/C17H24N2O4/c1-5-18-14-7-6-13(8-15(14)23-10-16(18)20)19(11(2)3)9-12(4)17(21)22/h6-8,11-12H,5,9-10H2,1-4H3,(H,21,22). The number of carboxylic acid groups (broad SMARTS) is 1. The number of ether oxygens (including phenoxy) is 1. The maximum Gasteiger partial charge on any atom is 0.308 e. The fourth-order valence-electron chi connectivity index (χ4n) is 2.71. The Hall–Kier alpha value is -2.24. The van der Waals surface area contributed by atoms with Crippen molar-refractivity contribution in [3.63, 3.8) is 0 Å². The summed E-state index contributed by atoms with van der Waals surface area (Å²) in [6.45, 7) is 8.73. The predicted octanol–water partition coefficient (Wildman–Crippen LogP) is 2.37. The molecular formula is C17H24N2O4. The van der Waals surface area contributed by atoms with Crippen LogP contribution in [0.3, 0.4) is 0 Å². The predicted molar refractivity (Wildman–Crippen MR) is 89.2 cm³/mol. The van der Waals surface area contributed by atoms with E-state index in [4.69, 9.17) is 9.84 Å². The second-order valence-electron chi connectivity index (χ2n) is 6.06. The third-order valence-corrected chi connectivity index (χ3v) is 4.05. The summed E-state index contributed by atoms with van der Waals surface area (Å²) < 4.78 is 5.56. The average Bonchev–Trinajstić information content (AvgIpc) is 2.51. The van der Waals surface area contributed by atoms with Gasteiger partial charge in [0.2, 0.25) is 0 Å². The summed E-state index contributed by atoms with van der Waals surface area (Å²) in [5, 5.41) is 9.15. The summed E-state index contributed by atoms with van der Waals surface area (Å²) in [6, 6.07) is 5.82. The smallest absolute Gasteiger partial charge is 0.308 e. The van der Waals surface area contributed by atoms with Crippen molar-refractivity contribution in [2.24, 2.45) is 5.92 Å². The molecule has 1 amide bonds. The minimum Gasteiger partial charge on any atom is -0.481 e. The van der Waals surface area contributed by atoms with Gasteiger partial charge in [-0.25, -0.2) is 0 Å². The van der Waals surface area contributed by atoms with Gasteiger partial charge in [-0.1, -0.05) is 6.92 Å². The molecule has 0 saturated heterocycles. The Balaban J connectivity index is 2.32. The van der Waals surface area contributed by atoms with E-state index in [9.17, 15) is 9.59 Å². The van der Waals surface area contributed by atoms with Crippen LogP contribution in [0.5, 0.6) is 5.75 Å². The molecule has 1 heterocycles. The Morgan fingerprint density at radius 1 is 1.39 bits per heavy atom. The third-order valence-electron chi connectivity index (χ3n) is 4.05. The minimum absolute atomic E-state index is 0.0392. The molecule has 1 unspecified atom stereocenters. The summed E-state index contributed by atoms with van der Waals surface area (Å²) in [5.41, 5.74) is 1.67. The molecule has 1 N–H and O–H groups in total. The summed E-state index contributed by atoms with van der Waals surface area (Å²) in [4.78, 5) is 26.7. The molecule has 1 atom stereocenters. The third kappa shape index (κ3) is 3.57. The summed E-state index contributed by atoms with van der Waals surface area (Å²) in [6.07, 6.45) is 0. The van der Waals surface area contributed by atoms with E-state index in [2.05, 4.69) is 0 Å². The van der Waals surface area contributed by atoms with Gasteiger partial charge in [-0.2, -0.15) is 0 Å². The highest BCUT2D eigenvalue weighted by Crippen LogP contribution is 2.36. The quantitative estimate of drug-likeness (QED) is 0.871. The Bertz CT molecular complexity index is 600. The molecular weight excluding hydrogens is 296 g/mol. The zero-order chi connectivity index (χ0) is 17.1. The van der Waals surface area contributed by atoms with Crippen molar-refractivity contribution in [1.82, 2.24) is 0 Å². The number of hydrogen-bond donors (Lipinski definition) is 1. The normalized spacial score (nSPS) is 15.2. The number of carbonyl (C=O) groups is 2. The minimum atomic E-state index is -0.812. The van der Waals surface area contributed by atoms with Gasteiger partial charge in [-0.3, -0.25) is 9.59 Å². The van der Waals surface area contributed by atoms with Crippen LogP contribution in [0.4, 0.5) is 11.4 Å². The summed E-state index contributed by atoms with van der Waals surface area (Å²) >= 11 is 0. The molecule has 6 nitrogen and oxygen atoms in total. The Morgan fingerprint density at radius 2 is 2.09 bits per heavy atom. The van der Waals surface area contributed by atoms with Crippen LogP contribution in [0.1, 0.15) is 27.7 Å². The molecule has 1 aliphatic heterocycles. The molecule has 0 aromatic heterocycles. The lowest BCUT2D eigenvalue weighted by Crippen LogP contribution is -2.39. The zero-order valence-corrected chi connectivity index (χ0v) is 14.1. The number of nitrogens with zero attached hydrogens (tertiary/aromatic N) is 2. The van der Waals surface area contributed by atoms with Crippen LogP contribution in [0.15, 0.2) is 18.2 Å². The molecule has 0 bridgehead atoms. The van der Waals surface area contributed by atoms with Crippen molar-refractivity contribution < 1.29 is 19.4 Å². The summed E-state index contributed by atoms with van der Waals surface area (Å²) in [5.74, 6) is -0.666. The van der Waals surface area contributed by atoms with E-state index in [-0.39, 0.29) is 18.6 Å². The number of anilines is 2. The number of hydrogen-bond acceptors (Lipinski definition) is 4. The number of carbonyl (C=O) groups excluding carboxylic acids is 1. The Labute approximate surface area is 136 Å². The van der Waals surface area contributed by atoms with Gasteiger partial charge < -0.3 is 19.6 Å². The largest absolute Gasteiger partial charge is 0.481 e. The number of aliphatic carboxylic acids is 1. The fraction of sp³-hybridized carbons (Fsp3) is 0.529. The number of benzene rings is 1. The second-order valence-corrected chi connectivity index (χ2v) is 6.06. The first-order valence-corrected chi connectivity index (χ1v) is 7.91. The van der Waals surface area contributed by atoms with E-state index in [1.165, 1.54) is 0 Å². The Kier molecular flexibility index (Phi) is 5.13. The first-order chi connectivity index (χ1) is 10.8. The van der Waals surface area contributed by atoms with Crippen LogP contribution in [0.25, 0.3) is 0 Å². The van der Waals surface area contributed by atoms with E-state index in [1.807, 2.05) is 43.9 Å². The molecule has 126 valence electrons. The van der Waals surface area contributed by atoms with E-state index < -0.39 is 11.9 Å². The fourth-order valence-corrected chi connectivity index (χ4v) is 2.71. The lowest BCUT2D eigenvalue weighted by atomic mass is 10.1. The zero-order valence-electron chi connectivity index (χ0n) is 14.1. The molecule has 1 aromatic carbocycles. The van der Waals surface area contributed by atoms with Gasteiger partial charge in [0.15, 0.2) is 6.61 Å². The van der Waals surface area contributed by atoms with E-state index >= 15 is 0 Å². The number of likely N-dealkylation sites (N-methyl/N-ethyl adjacent to an activating group) is 1. The van der Waals surface area contributed by atoms with Gasteiger partial charge in [0.05, 0.1) is 11.6 Å². The molecule has 6 heteroatoms. The number of fused-ring (bicyclic) bond motifs is 1. The molecule has 0 spiro atoms. The van der Waals surface area contributed by atoms with Crippen molar-refractivity contribution >= 4 is 23.3 Å². The van der Waals surface area contributed by atoms with Crippen LogP contribution in [0.2, 0.25) is 0 Å². The van der Waals surface area contributed by atoms with Crippen molar-refractivity contribution in [1.29, 1.82) is 0 Å². The molecule has 0 radical (unpaired) electrons. The van der Waals surface area contributed by atoms with Crippen LogP contribution in [-0.4, -0.2) is 42.7 Å². The lowest BCUT2D eigenvalue weighted by Gasteiger charge is -2.33. The number of amides is 1. The molecule has 0 saturated carbocycles. The maximum atomic E-state index is 11.9. The molecule has 0 fully saturated rings. The van der Waals surface area contributed by atoms with Crippen molar-refractivity contribution in [2.75, 3.05) is 29.5 Å². The van der Waals surface area contributed by atoms with Crippen LogP contribution in [-0.2, 0) is 9.59 Å². The second kappa shape index (κ2) is 6.89. The number of carboxylic acids is 1. The van der Waals surface area contributed by atoms with Gasteiger partial charge in [0, 0.05) is 30.9 Å². The average molecular weight is 320 g/mol. The van der Waals surface area contributed by atoms with Gasteiger partial charge in [0.25, 0.3) is 5.91 Å². The molecule has 2 rings (SSSR count). The van der Waals surface area contributed by atoms with E-state index in [1.54, 1.807) is 11.8 Å².